The van der Waals surface area contributed by atoms with Gasteiger partial charge in [0.25, 0.3) is 11.9 Å². The van der Waals surface area contributed by atoms with Crippen LogP contribution in [0.2, 0.25) is 0 Å². The second-order valence-corrected chi connectivity index (χ2v) is 12.2. The molecule has 1 aliphatic rings. The summed E-state index contributed by atoms with van der Waals surface area (Å²) in [5, 5.41) is 1.88. The van der Waals surface area contributed by atoms with E-state index >= 15 is 0 Å². The van der Waals surface area contributed by atoms with Crippen molar-refractivity contribution in [2.75, 3.05) is 31.5 Å². The predicted molar refractivity (Wildman–Crippen MR) is 120 cm³/mol. The first-order chi connectivity index (χ1) is 16.1. The summed E-state index contributed by atoms with van der Waals surface area (Å²) in [6, 6.07) is 2.70. The third-order valence-electron chi connectivity index (χ3n) is 5.26. The molecule has 1 aromatic carbocycles. The number of sulfonamides is 1. The van der Waals surface area contributed by atoms with Crippen LogP contribution in [-0.4, -0.2) is 67.8 Å². The summed E-state index contributed by atoms with van der Waals surface area (Å²) < 4.78 is 97.5. The summed E-state index contributed by atoms with van der Waals surface area (Å²) in [5.74, 6) is -1.13. The van der Waals surface area contributed by atoms with E-state index in [0.29, 0.717) is 5.56 Å². The monoisotopic (exact) mass is 539 g/mol. The molecule has 0 spiro atoms. The zero-order valence-corrected chi connectivity index (χ0v) is 20.6. The van der Waals surface area contributed by atoms with Crippen LogP contribution < -0.4 is 10.0 Å². The molecule has 3 rings (SSSR count). The van der Waals surface area contributed by atoms with Gasteiger partial charge in [-0.25, -0.2) is 13.1 Å². The number of halogens is 3. The van der Waals surface area contributed by atoms with Crippen molar-refractivity contribution < 1.29 is 39.2 Å². The average molecular weight is 540 g/mol. The molecule has 16 heteroatoms. The van der Waals surface area contributed by atoms with Gasteiger partial charge in [0.1, 0.15) is 6.26 Å². The van der Waals surface area contributed by atoms with Gasteiger partial charge in [-0.3, -0.25) is 4.79 Å². The number of oxazole rings is 1. The van der Waals surface area contributed by atoms with Gasteiger partial charge in [-0.15, -0.1) is 0 Å². The molecule has 1 aromatic heterocycles. The van der Waals surface area contributed by atoms with Crippen LogP contribution in [0, 0.1) is 6.92 Å². The van der Waals surface area contributed by atoms with Gasteiger partial charge in [0.15, 0.2) is 5.69 Å². The fraction of sp³-hybridized carbons (Fsp3) is 0.474. The number of rotatable bonds is 7. The van der Waals surface area contributed by atoms with E-state index in [4.69, 9.17) is 4.42 Å². The number of nitrogens with one attached hydrogen (secondary N) is 2. The minimum Gasteiger partial charge on any atom is -0.431 e. The molecule has 0 radical (unpaired) electrons. The van der Waals surface area contributed by atoms with Crippen LogP contribution in [0.1, 0.15) is 35.5 Å². The van der Waals surface area contributed by atoms with Crippen molar-refractivity contribution in [1.82, 2.24) is 18.3 Å². The summed E-state index contributed by atoms with van der Waals surface area (Å²) in [5.41, 5.74) is -0.844. The fourth-order valence-electron chi connectivity index (χ4n) is 3.18. The Bertz CT molecular complexity index is 1300. The largest absolute Gasteiger partial charge is 0.431 e. The Morgan fingerprint density at radius 2 is 1.69 bits per heavy atom. The van der Waals surface area contributed by atoms with Gasteiger partial charge in [0.2, 0.25) is 10.0 Å². The Morgan fingerprint density at radius 1 is 1.09 bits per heavy atom. The lowest BCUT2D eigenvalue weighted by atomic mass is 10.1. The predicted octanol–water partition coefficient (Wildman–Crippen LogP) is 2.08. The van der Waals surface area contributed by atoms with Gasteiger partial charge in [0.05, 0.1) is 10.8 Å². The van der Waals surface area contributed by atoms with E-state index in [1.807, 2.05) is 4.72 Å². The van der Waals surface area contributed by atoms with Crippen LogP contribution in [0.15, 0.2) is 28.9 Å². The van der Waals surface area contributed by atoms with E-state index in [1.165, 1.54) is 24.2 Å². The number of amides is 1. The molecule has 194 valence electrons. The maximum absolute atomic E-state index is 13.0. The van der Waals surface area contributed by atoms with Crippen molar-refractivity contribution in [1.29, 1.82) is 0 Å². The van der Waals surface area contributed by atoms with Gasteiger partial charge in [-0.2, -0.15) is 35.2 Å². The maximum Gasteiger partial charge on any atom is 0.416 e. The molecular formula is C19H24F3N5O6S2. The first kappa shape index (κ1) is 26.9. The molecular weight excluding hydrogens is 515 g/mol. The van der Waals surface area contributed by atoms with Crippen molar-refractivity contribution >= 4 is 37.8 Å². The highest BCUT2D eigenvalue weighted by Crippen LogP contribution is 2.33. The SMILES string of the molecule is Cc1ccc(C(F)(F)F)cc1Nc1nc(C(=O)NS(=O)(=O)N2CCN(S(=O)(=O)C(C)C)CC2)co1. The molecule has 2 N–H and O–H groups in total. The summed E-state index contributed by atoms with van der Waals surface area (Å²) in [4.78, 5) is 16.2. The van der Waals surface area contributed by atoms with E-state index in [9.17, 15) is 34.8 Å². The van der Waals surface area contributed by atoms with Gasteiger partial charge in [-0.1, -0.05) is 6.07 Å². The highest BCUT2D eigenvalue weighted by Gasteiger charge is 2.35. The molecule has 11 nitrogen and oxygen atoms in total. The van der Waals surface area contributed by atoms with E-state index in [0.717, 1.165) is 22.7 Å². The number of benzene rings is 1. The molecule has 1 saturated heterocycles. The number of alkyl halides is 3. The molecule has 0 saturated carbocycles. The summed E-state index contributed by atoms with van der Waals surface area (Å²) in [6.45, 7) is 4.15. The highest BCUT2D eigenvalue weighted by molar-refractivity contribution is 7.89. The van der Waals surface area contributed by atoms with Gasteiger partial charge in [0, 0.05) is 31.9 Å². The smallest absolute Gasteiger partial charge is 0.416 e. The average Bonchev–Trinajstić information content (AvgIpc) is 3.23. The standard InChI is InChI=1S/C19H24F3N5O6S2/c1-12(2)34(29,30)26-6-8-27(9-7-26)35(31,32)25-17(28)16-11-33-18(24-16)23-15-10-14(19(20,21)22)5-4-13(15)3/h4-5,10-12H,6-9H2,1-3H3,(H,23,24)(H,25,28). The molecule has 2 heterocycles. The minimum absolute atomic E-state index is 0.0375. The minimum atomic E-state index is -4.56. The second-order valence-electron chi connectivity index (χ2n) is 8.02. The Morgan fingerprint density at radius 3 is 2.26 bits per heavy atom. The Balaban J connectivity index is 1.65. The molecule has 0 unspecified atom stereocenters. The van der Waals surface area contributed by atoms with E-state index in [-0.39, 0.29) is 37.9 Å². The number of carbonyl (C=O) groups excluding carboxylic acids is 1. The van der Waals surface area contributed by atoms with Gasteiger partial charge in [-0.05, 0) is 38.5 Å². The third kappa shape index (κ3) is 6.12. The number of piperazine rings is 1. The zero-order valence-electron chi connectivity index (χ0n) is 19.0. The Hall–Kier alpha value is -2.69. The number of anilines is 2. The lowest BCUT2D eigenvalue weighted by molar-refractivity contribution is -0.137. The topological polar surface area (TPSA) is 142 Å². The van der Waals surface area contributed by atoms with E-state index < -0.39 is 48.8 Å². The normalized spacial score (nSPS) is 16.4. The number of hydrogen-bond donors (Lipinski definition) is 2. The number of carbonyl (C=O) groups is 1. The molecule has 35 heavy (non-hydrogen) atoms. The first-order valence-corrected chi connectivity index (χ1v) is 13.3. The van der Waals surface area contributed by atoms with Crippen molar-refractivity contribution in [3.8, 4) is 0 Å². The van der Waals surface area contributed by atoms with Crippen LogP contribution in [0.3, 0.4) is 0 Å². The lowest BCUT2D eigenvalue weighted by Crippen LogP contribution is -2.55. The van der Waals surface area contributed by atoms with Crippen molar-refractivity contribution in [3.63, 3.8) is 0 Å². The van der Waals surface area contributed by atoms with Gasteiger partial charge < -0.3 is 9.73 Å². The molecule has 1 fully saturated rings. The Kier molecular flexibility index (Phi) is 7.50. The van der Waals surface area contributed by atoms with Crippen LogP contribution in [0.4, 0.5) is 24.9 Å². The lowest BCUT2D eigenvalue weighted by Gasteiger charge is -2.33. The summed E-state index contributed by atoms with van der Waals surface area (Å²) in [6.07, 6.45) is -3.71. The fourth-order valence-corrected chi connectivity index (χ4v) is 5.56. The molecule has 1 aliphatic heterocycles. The van der Waals surface area contributed by atoms with Gasteiger partial charge >= 0.3 is 16.4 Å². The van der Waals surface area contributed by atoms with E-state index in [2.05, 4.69) is 10.3 Å². The van der Waals surface area contributed by atoms with Crippen LogP contribution in [0.25, 0.3) is 0 Å². The van der Waals surface area contributed by atoms with Crippen molar-refractivity contribution in [3.05, 3.63) is 41.3 Å². The number of nitrogens with zero attached hydrogens (tertiary/aromatic N) is 3. The molecule has 0 bridgehead atoms. The van der Waals surface area contributed by atoms with Crippen molar-refractivity contribution in [2.24, 2.45) is 0 Å². The summed E-state index contributed by atoms with van der Waals surface area (Å²) >= 11 is 0. The maximum atomic E-state index is 13.0. The molecule has 0 atom stereocenters. The van der Waals surface area contributed by atoms with Crippen LogP contribution in [-0.2, 0) is 26.4 Å². The third-order valence-corrected chi connectivity index (χ3v) is 9.02. The molecule has 2 aromatic rings. The quantitative estimate of drug-likeness (QED) is 0.545. The molecule has 1 amide bonds. The summed E-state index contributed by atoms with van der Waals surface area (Å²) in [7, 11) is -7.85. The highest BCUT2D eigenvalue weighted by atomic mass is 32.2. The van der Waals surface area contributed by atoms with Crippen molar-refractivity contribution in [2.45, 2.75) is 32.2 Å². The number of hydrogen-bond acceptors (Lipinski definition) is 8. The molecule has 0 aliphatic carbocycles. The number of aryl methyl sites for hydroxylation is 1. The van der Waals surface area contributed by atoms with Crippen LogP contribution >= 0.6 is 0 Å². The first-order valence-electron chi connectivity index (χ1n) is 10.3. The zero-order chi connectivity index (χ0) is 26.2. The second kappa shape index (κ2) is 9.75. The Labute approximate surface area is 200 Å². The van der Waals surface area contributed by atoms with Crippen LogP contribution in [0.5, 0.6) is 0 Å². The number of aromatic nitrogens is 1. The van der Waals surface area contributed by atoms with E-state index in [1.54, 1.807) is 6.92 Å².